The Labute approximate surface area is 199 Å². The van der Waals surface area contributed by atoms with Crippen molar-refractivity contribution in [1.29, 1.82) is 0 Å². The van der Waals surface area contributed by atoms with Crippen LogP contribution in [0, 0.1) is 0 Å². The number of hydrogen-bond acceptors (Lipinski definition) is 3. The SMILES string of the molecule is Nc1cccc(-c2nc3ccccc3c(=O)n2CCc2ccccc2)c1CCc1ccccc1. The first-order valence-electron chi connectivity index (χ1n) is 11.7. The molecule has 168 valence electrons. The van der Waals surface area contributed by atoms with E-state index in [0.717, 1.165) is 36.1 Å². The van der Waals surface area contributed by atoms with Crippen LogP contribution in [0.5, 0.6) is 0 Å². The van der Waals surface area contributed by atoms with Crippen LogP contribution in [0.25, 0.3) is 22.3 Å². The quantitative estimate of drug-likeness (QED) is 0.328. The number of nitrogen functional groups attached to an aromatic ring is 1. The van der Waals surface area contributed by atoms with Crippen LogP contribution in [0.1, 0.15) is 16.7 Å². The first kappa shape index (κ1) is 21.7. The van der Waals surface area contributed by atoms with Crippen LogP contribution < -0.4 is 11.3 Å². The van der Waals surface area contributed by atoms with Gasteiger partial charge in [0.1, 0.15) is 5.82 Å². The summed E-state index contributed by atoms with van der Waals surface area (Å²) < 4.78 is 1.82. The molecule has 0 aliphatic rings. The van der Waals surface area contributed by atoms with E-state index in [1.807, 2.05) is 71.3 Å². The van der Waals surface area contributed by atoms with Crippen molar-refractivity contribution in [2.24, 2.45) is 0 Å². The lowest BCUT2D eigenvalue weighted by Crippen LogP contribution is -2.25. The van der Waals surface area contributed by atoms with Gasteiger partial charge in [0.25, 0.3) is 5.56 Å². The lowest BCUT2D eigenvalue weighted by Gasteiger charge is -2.18. The Morgan fingerprint density at radius 3 is 2.06 bits per heavy atom. The topological polar surface area (TPSA) is 60.9 Å². The predicted octanol–water partition coefficient (Wildman–Crippen LogP) is 5.67. The summed E-state index contributed by atoms with van der Waals surface area (Å²) in [6.45, 7) is 0.545. The molecule has 34 heavy (non-hydrogen) atoms. The van der Waals surface area contributed by atoms with E-state index in [-0.39, 0.29) is 5.56 Å². The molecule has 0 aliphatic heterocycles. The average molecular weight is 446 g/mol. The molecule has 5 rings (SSSR count). The lowest BCUT2D eigenvalue weighted by molar-refractivity contribution is 0.670. The van der Waals surface area contributed by atoms with E-state index in [1.165, 1.54) is 11.1 Å². The second kappa shape index (κ2) is 9.75. The van der Waals surface area contributed by atoms with Crippen LogP contribution in [0.4, 0.5) is 5.69 Å². The van der Waals surface area contributed by atoms with Crippen molar-refractivity contribution >= 4 is 16.6 Å². The summed E-state index contributed by atoms with van der Waals surface area (Å²) in [4.78, 5) is 18.6. The fourth-order valence-electron chi connectivity index (χ4n) is 4.47. The molecule has 0 fully saturated rings. The van der Waals surface area contributed by atoms with Gasteiger partial charge >= 0.3 is 0 Å². The van der Waals surface area contributed by atoms with Crippen molar-refractivity contribution < 1.29 is 0 Å². The number of rotatable bonds is 7. The van der Waals surface area contributed by atoms with Gasteiger partial charge in [0.15, 0.2) is 0 Å². The van der Waals surface area contributed by atoms with Crippen LogP contribution in [-0.2, 0) is 25.8 Å². The van der Waals surface area contributed by atoms with E-state index in [9.17, 15) is 4.79 Å². The van der Waals surface area contributed by atoms with Crippen molar-refractivity contribution in [3.63, 3.8) is 0 Å². The molecule has 1 aromatic heterocycles. The van der Waals surface area contributed by atoms with Crippen molar-refractivity contribution in [2.75, 3.05) is 5.73 Å². The summed E-state index contributed by atoms with van der Waals surface area (Å²) in [6.07, 6.45) is 2.38. The fourth-order valence-corrected chi connectivity index (χ4v) is 4.47. The van der Waals surface area contributed by atoms with E-state index >= 15 is 0 Å². The van der Waals surface area contributed by atoms with Gasteiger partial charge in [-0.1, -0.05) is 84.9 Å². The minimum absolute atomic E-state index is 0.0204. The number of nitrogens with zero attached hydrogens (tertiary/aromatic N) is 2. The van der Waals surface area contributed by atoms with Gasteiger partial charge in [0, 0.05) is 17.8 Å². The molecule has 4 aromatic carbocycles. The number of aromatic nitrogens is 2. The molecule has 0 spiro atoms. The molecule has 0 atom stereocenters. The van der Waals surface area contributed by atoms with E-state index < -0.39 is 0 Å². The highest BCUT2D eigenvalue weighted by atomic mass is 16.1. The molecule has 5 aromatic rings. The van der Waals surface area contributed by atoms with Crippen LogP contribution in [-0.4, -0.2) is 9.55 Å². The van der Waals surface area contributed by atoms with E-state index in [0.29, 0.717) is 23.3 Å². The second-order valence-corrected chi connectivity index (χ2v) is 8.50. The minimum atomic E-state index is -0.0204. The van der Waals surface area contributed by atoms with Gasteiger partial charge < -0.3 is 5.73 Å². The minimum Gasteiger partial charge on any atom is -0.398 e. The van der Waals surface area contributed by atoms with E-state index in [4.69, 9.17) is 10.7 Å². The number of fused-ring (bicyclic) bond motifs is 1. The number of para-hydroxylation sites is 1. The van der Waals surface area contributed by atoms with Gasteiger partial charge in [-0.2, -0.15) is 0 Å². The van der Waals surface area contributed by atoms with Gasteiger partial charge in [-0.15, -0.1) is 0 Å². The molecule has 0 aliphatic carbocycles. The van der Waals surface area contributed by atoms with Gasteiger partial charge in [-0.05, 0) is 54.2 Å². The first-order valence-corrected chi connectivity index (χ1v) is 11.7. The molecule has 0 saturated heterocycles. The van der Waals surface area contributed by atoms with Gasteiger partial charge in [-0.3, -0.25) is 9.36 Å². The Bertz CT molecular complexity index is 1470. The molecule has 0 unspecified atom stereocenters. The van der Waals surface area contributed by atoms with Crippen molar-refractivity contribution in [2.45, 2.75) is 25.8 Å². The van der Waals surface area contributed by atoms with Crippen molar-refractivity contribution in [3.05, 3.63) is 130 Å². The Hall–Kier alpha value is -4.18. The lowest BCUT2D eigenvalue weighted by atomic mass is 9.97. The number of nitrogens with two attached hydrogens (primary N) is 1. The molecule has 2 N–H and O–H groups in total. The smallest absolute Gasteiger partial charge is 0.261 e. The summed E-state index contributed by atoms with van der Waals surface area (Å²) in [5, 5.41) is 0.633. The van der Waals surface area contributed by atoms with Gasteiger partial charge in [0.05, 0.1) is 10.9 Å². The zero-order valence-corrected chi connectivity index (χ0v) is 19.0. The fraction of sp³-hybridized carbons (Fsp3) is 0.133. The molecule has 0 bridgehead atoms. The monoisotopic (exact) mass is 445 g/mol. The maximum absolute atomic E-state index is 13.6. The summed E-state index contributed by atoms with van der Waals surface area (Å²) in [6, 6.07) is 34.1. The molecule has 4 nitrogen and oxygen atoms in total. The summed E-state index contributed by atoms with van der Waals surface area (Å²) >= 11 is 0. The zero-order chi connectivity index (χ0) is 23.3. The molecule has 0 amide bonds. The standard InChI is InChI=1S/C30H27N3O/c31-27-16-9-15-25(24(27)19-18-22-10-3-1-4-11-22)29-32-28-17-8-7-14-26(28)30(34)33(29)21-20-23-12-5-2-6-13-23/h1-17H,18-21,31H2. The van der Waals surface area contributed by atoms with E-state index in [1.54, 1.807) is 0 Å². The second-order valence-electron chi connectivity index (χ2n) is 8.50. The third kappa shape index (κ3) is 4.48. The molecule has 4 heteroatoms. The van der Waals surface area contributed by atoms with Crippen molar-refractivity contribution in [1.82, 2.24) is 9.55 Å². The largest absolute Gasteiger partial charge is 0.398 e. The van der Waals surface area contributed by atoms with Crippen LogP contribution in [0.2, 0.25) is 0 Å². The Kier molecular flexibility index (Phi) is 6.21. The highest BCUT2D eigenvalue weighted by Crippen LogP contribution is 2.29. The maximum atomic E-state index is 13.6. The van der Waals surface area contributed by atoms with Crippen LogP contribution >= 0.6 is 0 Å². The predicted molar refractivity (Wildman–Crippen MR) is 140 cm³/mol. The normalized spacial score (nSPS) is 11.1. The summed E-state index contributed by atoms with van der Waals surface area (Å²) in [5.74, 6) is 0.676. The first-order chi connectivity index (χ1) is 16.7. The highest BCUT2D eigenvalue weighted by molar-refractivity contribution is 5.81. The molecular formula is C30H27N3O. The average Bonchev–Trinajstić information content (AvgIpc) is 2.88. The number of benzene rings is 4. The van der Waals surface area contributed by atoms with Crippen LogP contribution in [0.15, 0.2) is 108 Å². The summed E-state index contributed by atoms with van der Waals surface area (Å²) in [5.41, 5.74) is 12.3. The molecule has 0 radical (unpaired) electrons. The number of hydrogen-bond donors (Lipinski definition) is 1. The van der Waals surface area contributed by atoms with Gasteiger partial charge in [0.2, 0.25) is 0 Å². The number of aryl methyl sites for hydroxylation is 2. The van der Waals surface area contributed by atoms with Crippen molar-refractivity contribution in [3.8, 4) is 11.4 Å². The highest BCUT2D eigenvalue weighted by Gasteiger charge is 2.17. The zero-order valence-electron chi connectivity index (χ0n) is 19.0. The maximum Gasteiger partial charge on any atom is 0.261 e. The summed E-state index contributed by atoms with van der Waals surface area (Å²) in [7, 11) is 0. The number of anilines is 1. The Balaban J connectivity index is 1.61. The Morgan fingerprint density at radius 1 is 0.676 bits per heavy atom. The van der Waals surface area contributed by atoms with Gasteiger partial charge in [-0.25, -0.2) is 4.98 Å². The molecule has 1 heterocycles. The molecule has 0 saturated carbocycles. The Morgan fingerprint density at radius 2 is 1.32 bits per heavy atom. The van der Waals surface area contributed by atoms with Crippen LogP contribution in [0.3, 0.4) is 0 Å². The molecular weight excluding hydrogens is 418 g/mol. The third-order valence-electron chi connectivity index (χ3n) is 6.29. The third-order valence-corrected chi connectivity index (χ3v) is 6.29. The van der Waals surface area contributed by atoms with E-state index in [2.05, 4.69) is 36.4 Å².